The molecule has 1 N–H and O–H groups in total. The normalized spacial score (nSPS) is 19.6. The van der Waals surface area contributed by atoms with E-state index in [1.54, 1.807) is 23.9 Å². The van der Waals surface area contributed by atoms with E-state index < -0.39 is 12.0 Å². The number of aliphatic carboxylic acids is 1. The maximum Gasteiger partial charge on any atom is 0.326 e. The molecule has 0 aliphatic carbocycles. The van der Waals surface area contributed by atoms with Crippen molar-refractivity contribution in [3.05, 3.63) is 23.0 Å². The molecule has 5 nitrogen and oxygen atoms in total. The van der Waals surface area contributed by atoms with Gasteiger partial charge in [-0.3, -0.25) is 4.79 Å². The number of likely N-dealkylation sites (tertiary alicyclic amines) is 1. The summed E-state index contributed by atoms with van der Waals surface area (Å²) >= 11 is 5.81. The second-order valence-electron chi connectivity index (χ2n) is 4.15. The molecule has 0 spiro atoms. The first-order valence-corrected chi connectivity index (χ1v) is 5.74. The first-order valence-electron chi connectivity index (χ1n) is 5.36. The number of carboxylic acid groups (broad SMARTS) is 1. The van der Waals surface area contributed by atoms with Crippen molar-refractivity contribution in [2.75, 3.05) is 6.54 Å². The maximum atomic E-state index is 12.2. The molecule has 92 valence electrons. The van der Waals surface area contributed by atoms with Gasteiger partial charge in [-0.2, -0.15) is 0 Å². The highest BCUT2D eigenvalue weighted by molar-refractivity contribution is 6.31. The molecule has 6 heteroatoms. The van der Waals surface area contributed by atoms with Crippen LogP contribution >= 0.6 is 11.6 Å². The number of nitrogens with zero attached hydrogens (tertiary/aromatic N) is 2. The summed E-state index contributed by atoms with van der Waals surface area (Å²) in [5, 5.41) is 9.50. The maximum absolute atomic E-state index is 12.2. The van der Waals surface area contributed by atoms with Crippen molar-refractivity contribution >= 4 is 23.5 Å². The second kappa shape index (κ2) is 4.41. The molecule has 1 aromatic rings. The van der Waals surface area contributed by atoms with E-state index in [0.29, 0.717) is 23.7 Å². The predicted octanol–water partition coefficient (Wildman–Crippen LogP) is 1.37. The minimum absolute atomic E-state index is 0.274. The number of hydrogen-bond donors (Lipinski definition) is 1. The monoisotopic (exact) mass is 256 g/mol. The lowest BCUT2D eigenvalue weighted by molar-refractivity contribution is -0.141. The minimum atomic E-state index is -0.948. The topological polar surface area (TPSA) is 62.5 Å². The van der Waals surface area contributed by atoms with E-state index in [0.717, 1.165) is 6.42 Å². The van der Waals surface area contributed by atoms with E-state index in [4.69, 9.17) is 16.7 Å². The Hall–Kier alpha value is -1.49. The van der Waals surface area contributed by atoms with Crippen molar-refractivity contribution in [3.8, 4) is 0 Å². The van der Waals surface area contributed by atoms with Crippen LogP contribution in [0.25, 0.3) is 0 Å². The Morgan fingerprint density at radius 3 is 2.76 bits per heavy atom. The molecule has 1 saturated heterocycles. The van der Waals surface area contributed by atoms with Gasteiger partial charge in [0.25, 0.3) is 5.91 Å². The fourth-order valence-corrected chi connectivity index (χ4v) is 2.40. The molecule has 17 heavy (non-hydrogen) atoms. The van der Waals surface area contributed by atoms with Crippen LogP contribution in [0.3, 0.4) is 0 Å². The quantitative estimate of drug-likeness (QED) is 0.869. The zero-order valence-corrected chi connectivity index (χ0v) is 10.1. The van der Waals surface area contributed by atoms with Crippen molar-refractivity contribution in [1.29, 1.82) is 0 Å². The zero-order chi connectivity index (χ0) is 12.6. The molecule has 2 heterocycles. The molecule has 0 radical (unpaired) electrons. The first-order chi connectivity index (χ1) is 8.00. The van der Waals surface area contributed by atoms with Gasteiger partial charge in [0.1, 0.15) is 11.7 Å². The van der Waals surface area contributed by atoms with Crippen LogP contribution in [0, 0.1) is 0 Å². The fourth-order valence-electron chi connectivity index (χ4n) is 2.15. The Morgan fingerprint density at radius 1 is 1.53 bits per heavy atom. The van der Waals surface area contributed by atoms with Gasteiger partial charge in [0.05, 0.1) is 5.02 Å². The largest absolute Gasteiger partial charge is 0.480 e. The Balaban J connectivity index is 2.25. The molecule has 1 aliphatic heterocycles. The number of carboxylic acids is 1. The SMILES string of the molecule is Cn1cc(Cl)cc1C(=O)N1CCCC1C(=O)O. The van der Waals surface area contributed by atoms with Gasteiger partial charge in [0, 0.05) is 19.8 Å². The lowest BCUT2D eigenvalue weighted by Crippen LogP contribution is -2.41. The summed E-state index contributed by atoms with van der Waals surface area (Å²) in [4.78, 5) is 24.6. The summed E-state index contributed by atoms with van der Waals surface area (Å²) in [6.07, 6.45) is 2.86. The summed E-state index contributed by atoms with van der Waals surface area (Å²) in [7, 11) is 1.71. The Morgan fingerprint density at radius 2 is 2.24 bits per heavy atom. The zero-order valence-electron chi connectivity index (χ0n) is 9.39. The summed E-state index contributed by atoms with van der Waals surface area (Å²) in [5.74, 6) is -1.22. The van der Waals surface area contributed by atoms with Gasteiger partial charge in [-0.1, -0.05) is 11.6 Å². The number of halogens is 1. The second-order valence-corrected chi connectivity index (χ2v) is 4.59. The fraction of sp³-hybridized carbons (Fsp3) is 0.455. The van der Waals surface area contributed by atoms with Crippen LogP contribution in [0.4, 0.5) is 0 Å². The molecule has 0 saturated carbocycles. The van der Waals surface area contributed by atoms with Crippen LogP contribution in [0.5, 0.6) is 0 Å². The summed E-state index contributed by atoms with van der Waals surface area (Å²) < 4.78 is 1.61. The molecule has 0 bridgehead atoms. The third-order valence-electron chi connectivity index (χ3n) is 2.99. The molecule has 2 rings (SSSR count). The predicted molar refractivity (Wildman–Crippen MR) is 62.1 cm³/mol. The summed E-state index contributed by atoms with van der Waals surface area (Å²) in [6, 6.07) is 0.845. The van der Waals surface area contributed by atoms with E-state index in [2.05, 4.69) is 0 Å². The Labute approximate surface area is 104 Å². The van der Waals surface area contributed by atoms with Crippen LogP contribution < -0.4 is 0 Å². The molecular formula is C11H13ClN2O3. The smallest absolute Gasteiger partial charge is 0.326 e. The summed E-state index contributed by atoms with van der Waals surface area (Å²) in [5.41, 5.74) is 0.420. The van der Waals surface area contributed by atoms with Crippen LogP contribution in [-0.4, -0.2) is 39.0 Å². The van der Waals surface area contributed by atoms with Crippen molar-refractivity contribution < 1.29 is 14.7 Å². The van der Waals surface area contributed by atoms with Crippen molar-refractivity contribution in [2.45, 2.75) is 18.9 Å². The van der Waals surface area contributed by atoms with Gasteiger partial charge in [0.15, 0.2) is 0 Å². The van der Waals surface area contributed by atoms with E-state index in [1.165, 1.54) is 4.90 Å². The number of rotatable bonds is 2. The highest BCUT2D eigenvalue weighted by Gasteiger charge is 2.35. The van der Waals surface area contributed by atoms with Gasteiger partial charge in [-0.15, -0.1) is 0 Å². The average Bonchev–Trinajstić information content (AvgIpc) is 2.83. The molecule has 1 aromatic heterocycles. The van der Waals surface area contributed by atoms with E-state index in [-0.39, 0.29) is 5.91 Å². The van der Waals surface area contributed by atoms with Crippen LogP contribution in [0.1, 0.15) is 23.3 Å². The highest BCUT2D eigenvalue weighted by Crippen LogP contribution is 2.22. The van der Waals surface area contributed by atoms with Crippen molar-refractivity contribution in [3.63, 3.8) is 0 Å². The first kappa shape index (κ1) is 12.0. The number of aromatic nitrogens is 1. The van der Waals surface area contributed by atoms with Crippen molar-refractivity contribution in [1.82, 2.24) is 9.47 Å². The molecule has 1 amide bonds. The number of carbonyl (C=O) groups is 2. The lowest BCUT2D eigenvalue weighted by atomic mass is 10.2. The van der Waals surface area contributed by atoms with Gasteiger partial charge in [0.2, 0.25) is 0 Å². The average molecular weight is 257 g/mol. The molecular weight excluding hydrogens is 244 g/mol. The van der Waals surface area contributed by atoms with Gasteiger partial charge < -0.3 is 14.6 Å². The third-order valence-corrected chi connectivity index (χ3v) is 3.20. The Bertz CT molecular complexity index is 469. The van der Waals surface area contributed by atoms with Crippen LogP contribution in [0.2, 0.25) is 5.02 Å². The van der Waals surface area contributed by atoms with E-state index in [1.807, 2.05) is 0 Å². The lowest BCUT2D eigenvalue weighted by Gasteiger charge is -2.21. The molecule has 1 fully saturated rings. The van der Waals surface area contributed by atoms with Gasteiger partial charge >= 0.3 is 5.97 Å². The molecule has 1 aliphatic rings. The minimum Gasteiger partial charge on any atom is -0.480 e. The standard InChI is InChI=1S/C11H13ClN2O3/c1-13-6-7(12)5-9(13)10(15)14-4-2-3-8(14)11(16)17/h5-6,8H,2-4H2,1H3,(H,16,17). The number of carbonyl (C=O) groups excluding carboxylic acids is 1. The molecule has 0 aromatic carbocycles. The number of hydrogen-bond acceptors (Lipinski definition) is 2. The summed E-state index contributed by atoms with van der Waals surface area (Å²) in [6.45, 7) is 0.485. The van der Waals surface area contributed by atoms with E-state index in [9.17, 15) is 9.59 Å². The number of amides is 1. The molecule has 1 atom stereocenters. The van der Waals surface area contributed by atoms with Crippen molar-refractivity contribution in [2.24, 2.45) is 7.05 Å². The van der Waals surface area contributed by atoms with Gasteiger partial charge in [-0.05, 0) is 18.9 Å². The van der Waals surface area contributed by atoms with E-state index >= 15 is 0 Å². The third kappa shape index (κ3) is 2.15. The molecule has 1 unspecified atom stereocenters. The van der Waals surface area contributed by atoms with Gasteiger partial charge in [-0.25, -0.2) is 4.79 Å². The van der Waals surface area contributed by atoms with Crippen LogP contribution in [0.15, 0.2) is 12.3 Å². The number of aryl methyl sites for hydroxylation is 1. The Kier molecular flexibility index (Phi) is 3.11. The van der Waals surface area contributed by atoms with Crippen LogP contribution in [-0.2, 0) is 11.8 Å². The highest BCUT2D eigenvalue weighted by atomic mass is 35.5.